The maximum atomic E-state index is 4.66. The standard InChI is InChI=1S/C22H27N5/c1-5-8-17(4)20-25-21(23-18-11-6-9-15(2)13-18)27-22(26-20)24-19-12-7-10-16(3)14-19/h6-7,9-14,17H,5,8H2,1-4H3,(H2,23,24,25,26,27). The number of nitrogens with zero attached hydrogens (tertiary/aromatic N) is 3. The maximum absolute atomic E-state index is 4.66. The molecule has 0 amide bonds. The van der Waals surface area contributed by atoms with Gasteiger partial charge in [0.05, 0.1) is 0 Å². The van der Waals surface area contributed by atoms with Gasteiger partial charge in [0.2, 0.25) is 11.9 Å². The second kappa shape index (κ2) is 8.62. The fourth-order valence-corrected chi connectivity index (χ4v) is 2.99. The molecule has 0 bridgehead atoms. The molecule has 0 fully saturated rings. The van der Waals surface area contributed by atoms with Crippen LogP contribution in [0.3, 0.4) is 0 Å². The molecule has 3 aromatic rings. The number of hydrogen-bond donors (Lipinski definition) is 2. The molecule has 27 heavy (non-hydrogen) atoms. The van der Waals surface area contributed by atoms with E-state index in [1.165, 1.54) is 11.1 Å². The second-order valence-corrected chi connectivity index (χ2v) is 7.02. The number of rotatable bonds is 7. The molecule has 0 radical (unpaired) electrons. The van der Waals surface area contributed by atoms with Gasteiger partial charge in [0.1, 0.15) is 5.82 Å². The third-order valence-corrected chi connectivity index (χ3v) is 4.36. The summed E-state index contributed by atoms with van der Waals surface area (Å²) in [7, 11) is 0. The molecule has 2 N–H and O–H groups in total. The first-order valence-corrected chi connectivity index (χ1v) is 9.47. The molecule has 0 aliphatic rings. The number of benzene rings is 2. The van der Waals surface area contributed by atoms with Gasteiger partial charge in [0, 0.05) is 17.3 Å². The topological polar surface area (TPSA) is 62.7 Å². The average Bonchev–Trinajstić information content (AvgIpc) is 2.62. The van der Waals surface area contributed by atoms with Gasteiger partial charge in [-0.2, -0.15) is 15.0 Å². The summed E-state index contributed by atoms with van der Waals surface area (Å²) in [5, 5.41) is 6.63. The highest BCUT2D eigenvalue weighted by Crippen LogP contribution is 2.23. The van der Waals surface area contributed by atoms with Crippen LogP contribution in [0, 0.1) is 13.8 Å². The zero-order valence-electron chi connectivity index (χ0n) is 16.5. The minimum atomic E-state index is 0.272. The van der Waals surface area contributed by atoms with E-state index in [1.54, 1.807) is 0 Å². The highest BCUT2D eigenvalue weighted by Gasteiger charge is 2.13. The lowest BCUT2D eigenvalue weighted by atomic mass is 10.1. The number of hydrogen-bond acceptors (Lipinski definition) is 5. The molecular formula is C22H27N5. The Bertz CT molecular complexity index is 841. The monoisotopic (exact) mass is 361 g/mol. The van der Waals surface area contributed by atoms with Crippen molar-refractivity contribution in [3.63, 3.8) is 0 Å². The molecule has 0 saturated heterocycles. The molecule has 1 unspecified atom stereocenters. The lowest BCUT2D eigenvalue weighted by molar-refractivity contribution is 0.625. The smallest absolute Gasteiger partial charge is 0.232 e. The van der Waals surface area contributed by atoms with Crippen molar-refractivity contribution in [2.24, 2.45) is 0 Å². The first-order valence-electron chi connectivity index (χ1n) is 9.47. The lowest BCUT2D eigenvalue weighted by Crippen LogP contribution is -2.09. The fourth-order valence-electron chi connectivity index (χ4n) is 2.99. The van der Waals surface area contributed by atoms with E-state index >= 15 is 0 Å². The number of aromatic nitrogens is 3. The van der Waals surface area contributed by atoms with Crippen LogP contribution in [0.2, 0.25) is 0 Å². The average molecular weight is 361 g/mol. The predicted molar refractivity (Wildman–Crippen MR) is 112 cm³/mol. The Hall–Kier alpha value is -2.95. The van der Waals surface area contributed by atoms with Crippen LogP contribution in [0.25, 0.3) is 0 Å². The first kappa shape index (κ1) is 18.8. The third-order valence-electron chi connectivity index (χ3n) is 4.36. The van der Waals surface area contributed by atoms with E-state index in [4.69, 9.17) is 0 Å². The highest BCUT2D eigenvalue weighted by molar-refractivity contribution is 5.58. The molecule has 0 saturated carbocycles. The van der Waals surface area contributed by atoms with E-state index < -0.39 is 0 Å². The normalized spacial score (nSPS) is 11.9. The van der Waals surface area contributed by atoms with Crippen LogP contribution in [0.4, 0.5) is 23.3 Å². The molecule has 140 valence electrons. The van der Waals surface area contributed by atoms with Crippen molar-refractivity contribution >= 4 is 23.3 Å². The number of nitrogens with one attached hydrogen (secondary N) is 2. The summed E-state index contributed by atoms with van der Waals surface area (Å²) in [6.45, 7) is 8.47. The van der Waals surface area contributed by atoms with E-state index in [0.29, 0.717) is 11.9 Å². The lowest BCUT2D eigenvalue weighted by Gasteiger charge is -2.14. The summed E-state index contributed by atoms with van der Waals surface area (Å²) >= 11 is 0. The minimum absolute atomic E-state index is 0.272. The number of aryl methyl sites for hydroxylation is 2. The molecule has 3 rings (SSSR count). The van der Waals surface area contributed by atoms with Crippen molar-refractivity contribution in [2.75, 3.05) is 10.6 Å². The van der Waals surface area contributed by atoms with Crippen molar-refractivity contribution < 1.29 is 0 Å². The molecule has 0 spiro atoms. The third kappa shape index (κ3) is 5.26. The van der Waals surface area contributed by atoms with Crippen LogP contribution in [0.15, 0.2) is 48.5 Å². The Kier molecular flexibility index (Phi) is 6.01. The van der Waals surface area contributed by atoms with Crippen molar-refractivity contribution in [1.29, 1.82) is 0 Å². The van der Waals surface area contributed by atoms with Crippen LogP contribution in [-0.4, -0.2) is 15.0 Å². The van der Waals surface area contributed by atoms with Crippen LogP contribution < -0.4 is 10.6 Å². The van der Waals surface area contributed by atoms with Gasteiger partial charge in [-0.1, -0.05) is 44.5 Å². The first-order chi connectivity index (χ1) is 13.0. The summed E-state index contributed by atoms with van der Waals surface area (Å²) in [5.74, 6) is 2.19. The SMILES string of the molecule is CCCC(C)c1nc(Nc2cccc(C)c2)nc(Nc2cccc(C)c2)n1. The van der Waals surface area contributed by atoms with Crippen molar-refractivity contribution in [2.45, 2.75) is 46.5 Å². The van der Waals surface area contributed by atoms with E-state index in [2.05, 4.69) is 77.5 Å². The van der Waals surface area contributed by atoms with Gasteiger partial charge in [-0.25, -0.2) is 0 Å². The van der Waals surface area contributed by atoms with Crippen molar-refractivity contribution in [3.8, 4) is 0 Å². The summed E-state index contributed by atoms with van der Waals surface area (Å²) in [6, 6.07) is 16.4. The predicted octanol–water partition coefficient (Wildman–Crippen LogP) is 5.88. The summed E-state index contributed by atoms with van der Waals surface area (Å²) in [6.07, 6.45) is 2.13. The molecule has 1 heterocycles. The van der Waals surface area contributed by atoms with Gasteiger partial charge in [-0.3, -0.25) is 0 Å². The largest absolute Gasteiger partial charge is 0.324 e. The fraction of sp³-hybridized carbons (Fsp3) is 0.318. The van der Waals surface area contributed by atoms with Gasteiger partial charge < -0.3 is 10.6 Å². The van der Waals surface area contributed by atoms with Crippen LogP contribution in [0.5, 0.6) is 0 Å². The molecule has 1 aromatic heterocycles. The Balaban J connectivity index is 1.92. The van der Waals surface area contributed by atoms with Gasteiger partial charge in [0.25, 0.3) is 0 Å². The van der Waals surface area contributed by atoms with Crippen molar-refractivity contribution in [1.82, 2.24) is 15.0 Å². The second-order valence-electron chi connectivity index (χ2n) is 7.02. The van der Waals surface area contributed by atoms with E-state index in [9.17, 15) is 0 Å². The van der Waals surface area contributed by atoms with Gasteiger partial charge in [0.15, 0.2) is 0 Å². The Morgan fingerprint density at radius 3 is 1.78 bits per heavy atom. The van der Waals surface area contributed by atoms with E-state index in [0.717, 1.165) is 30.0 Å². The van der Waals surface area contributed by atoms with E-state index in [-0.39, 0.29) is 5.92 Å². The van der Waals surface area contributed by atoms with Crippen molar-refractivity contribution in [3.05, 3.63) is 65.5 Å². The van der Waals surface area contributed by atoms with Gasteiger partial charge >= 0.3 is 0 Å². The Labute approximate surface area is 161 Å². The molecule has 0 aliphatic carbocycles. The minimum Gasteiger partial charge on any atom is -0.324 e. The summed E-state index contributed by atoms with van der Waals surface area (Å²) < 4.78 is 0. The zero-order valence-corrected chi connectivity index (χ0v) is 16.5. The summed E-state index contributed by atoms with van der Waals surface area (Å²) in [4.78, 5) is 13.9. The maximum Gasteiger partial charge on any atom is 0.232 e. The molecule has 1 atom stereocenters. The van der Waals surface area contributed by atoms with E-state index in [1.807, 2.05) is 24.3 Å². The molecular weight excluding hydrogens is 334 g/mol. The van der Waals surface area contributed by atoms with Gasteiger partial charge in [-0.15, -0.1) is 0 Å². The highest BCUT2D eigenvalue weighted by atomic mass is 15.2. The Morgan fingerprint density at radius 1 is 0.815 bits per heavy atom. The van der Waals surface area contributed by atoms with Gasteiger partial charge in [-0.05, 0) is 55.7 Å². The summed E-state index contributed by atoms with van der Waals surface area (Å²) in [5.41, 5.74) is 4.31. The molecule has 2 aromatic carbocycles. The molecule has 5 heteroatoms. The molecule has 5 nitrogen and oxygen atoms in total. The van der Waals surface area contributed by atoms with Crippen LogP contribution in [0.1, 0.15) is 49.6 Å². The quantitative estimate of drug-likeness (QED) is 0.550. The van der Waals surface area contributed by atoms with Crippen LogP contribution in [-0.2, 0) is 0 Å². The molecule has 0 aliphatic heterocycles. The van der Waals surface area contributed by atoms with Crippen LogP contribution >= 0.6 is 0 Å². The number of anilines is 4. The zero-order chi connectivity index (χ0) is 19.2. The Morgan fingerprint density at radius 2 is 1.33 bits per heavy atom.